The molecule has 0 amide bonds. The Morgan fingerprint density at radius 3 is 2.65 bits per heavy atom. The molecule has 0 saturated heterocycles. The Kier molecular flexibility index (Phi) is 3.32. The number of hydrogen-bond acceptors (Lipinski definition) is 3. The molecular formula is C16H17N3S. The van der Waals surface area contributed by atoms with Crippen LogP contribution in [0, 0.1) is 6.92 Å². The predicted molar refractivity (Wildman–Crippen MR) is 85.4 cm³/mol. The van der Waals surface area contributed by atoms with Crippen LogP contribution >= 0.6 is 11.3 Å². The fourth-order valence-electron chi connectivity index (χ4n) is 2.31. The number of nitrogens with two attached hydrogens (primary N) is 1. The number of para-hydroxylation sites is 1. The van der Waals surface area contributed by atoms with E-state index >= 15 is 0 Å². The van der Waals surface area contributed by atoms with Crippen LogP contribution in [0.5, 0.6) is 0 Å². The zero-order valence-electron chi connectivity index (χ0n) is 11.6. The minimum Gasteiger partial charge on any atom is -0.383 e. The molecule has 0 atom stereocenters. The number of benzene rings is 1. The minimum absolute atomic E-state index is 0.710. The van der Waals surface area contributed by atoms with E-state index in [1.54, 1.807) is 11.3 Å². The predicted octanol–water partition coefficient (Wildman–Crippen LogP) is 4.05. The molecule has 0 radical (unpaired) electrons. The van der Waals surface area contributed by atoms with E-state index in [1.807, 2.05) is 41.9 Å². The highest BCUT2D eigenvalue weighted by molar-refractivity contribution is 7.13. The van der Waals surface area contributed by atoms with Crippen molar-refractivity contribution >= 4 is 17.2 Å². The zero-order valence-corrected chi connectivity index (χ0v) is 12.4. The van der Waals surface area contributed by atoms with Gasteiger partial charge in [-0.05, 0) is 42.5 Å². The normalized spacial score (nSPS) is 10.9. The average Bonchev–Trinajstić information content (AvgIpc) is 3.06. The average molecular weight is 283 g/mol. The second kappa shape index (κ2) is 5.13. The quantitative estimate of drug-likeness (QED) is 0.788. The topological polar surface area (TPSA) is 43.8 Å². The third kappa shape index (κ3) is 2.02. The zero-order chi connectivity index (χ0) is 14.1. The molecule has 0 unspecified atom stereocenters. The smallest absolute Gasteiger partial charge is 0.130 e. The highest BCUT2D eigenvalue weighted by Gasteiger charge is 2.17. The van der Waals surface area contributed by atoms with Crippen LogP contribution in [-0.2, 0) is 6.42 Å². The molecule has 3 rings (SSSR count). The third-order valence-corrected chi connectivity index (χ3v) is 4.47. The van der Waals surface area contributed by atoms with Crippen molar-refractivity contribution in [2.24, 2.45) is 0 Å². The van der Waals surface area contributed by atoms with Gasteiger partial charge in [-0.2, -0.15) is 5.10 Å². The Labute approximate surface area is 122 Å². The minimum atomic E-state index is 0.710. The van der Waals surface area contributed by atoms with Crippen LogP contribution in [0.3, 0.4) is 0 Å². The van der Waals surface area contributed by atoms with E-state index in [0.717, 1.165) is 23.4 Å². The first-order chi connectivity index (χ1) is 9.72. The molecule has 20 heavy (non-hydrogen) atoms. The van der Waals surface area contributed by atoms with Gasteiger partial charge in [-0.15, -0.1) is 11.3 Å². The number of nitrogens with zero attached hydrogens (tertiary/aromatic N) is 2. The van der Waals surface area contributed by atoms with Crippen LogP contribution < -0.4 is 5.73 Å². The van der Waals surface area contributed by atoms with Gasteiger partial charge in [-0.25, -0.2) is 4.68 Å². The summed E-state index contributed by atoms with van der Waals surface area (Å²) in [6.07, 6.45) is 1.01. The standard InChI is InChI=1S/C16H17N3S/c1-3-12-9-10-20-15(12)14-11(2)16(17)19(18-14)13-7-5-4-6-8-13/h4-10H,3,17H2,1-2H3. The lowest BCUT2D eigenvalue weighted by molar-refractivity contribution is 0.895. The monoisotopic (exact) mass is 283 g/mol. The molecule has 3 nitrogen and oxygen atoms in total. The Balaban J connectivity index is 2.16. The van der Waals surface area contributed by atoms with E-state index in [0.29, 0.717) is 5.82 Å². The van der Waals surface area contributed by atoms with Crippen molar-refractivity contribution in [1.82, 2.24) is 9.78 Å². The Morgan fingerprint density at radius 2 is 1.95 bits per heavy atom. The first-order valence-electron chi connectivity index (χ1n) is 6.69. The Morgan fingerprint density at radius 1 is 1.20 bits per heavy atom. The first kappa shape index (κ1) is 12.9. The van der Waals surface area contributed by atoms with E-state index in [2.05, 4.69) is 18.4 Å². The summed E-state index contributed by atoms with van der Waals surface area (Å²) in [5.41, 5.74) is 10.6. The largest absolute Gasteiger partial charge is 0.383 e. The van der Waals surface area contributed by atoms with Crippen molar-refractivity contribution in [2.45, 2.75) is 20.3 Å². The van der Waals surface area contributed by atoms with Gasteiger partial charge in [0.1, 0.15) is 11.5 Å². The highest BCUT2D eigenvalue weighted by Crippen LogP contribution is 2.34. The van der Waals surface area contributed by atoms with Crippen LogP contribution in [0.25, 0.3) is 16.3 Å². The SMILES string of the molecule is CCc1ccsc1-c1nn(-c2ccccc2)c(N)c1C. The molecule has 0 aliphatic carbocycles. The Hall–Kier alpha value is -2.07. The van der Waals surface area contributed by atoms with Crippen molar-refractivity contribution in [3.8, 4) is 16.3 Å². The van der Waals surface area contributed by atoms with Crippen LogP contribution in [0.2, 0.25) is 0 Å². The molecule has 0 bridgehead atoms. The van der Waals surface area contributed by atoms with Gasteiger partial charge >= 0.3 is 0 Å². The molecule has 2 heterocycles. The van der Waals surface area contributed by atoms with E-state index in [-0.39, 0.29) is 0 Å². The summed E-state index contributed by atoms with van der Waals surface area (Å²) in [5, 5.41) is 6.85. The molecule has 0 saturated carbocycles. The second-order valence-electron chi connectivity index (χ2n) is 4.73. The fourth-order valence-corrected chi connectivity index (χ4v) is 3.35. The van der Waals surface area contributed by atoms with Gasteiger partial charge < -0.3 is 5.73 Å². The lowest BCUT2D eigenvalue weighted by atomic mass is 10.1. The van der Waals surface area contributed by atoms with E-state index in [4.69, 9.17) is 10.8 Å². The molecule has 4 heteroatoms. The molecule has 2 aromatic heterocycles. The molecule has 0 spiro atoms. The summed E-state index contributed by atoms with van der Waals surface area (Å²) in [4.78, 5) is 1.23. The van der Waals surface area contributed by atoms with Gasteiger partial charge in [0.05, 0.1) is 10.6 Å². The maximum Gasteiger partial charge on any atom is 0.130 e. The molecule has 0 aliphatic rings. The van der Waals surface area contributed by atoms with Crippen LogP contribution in [0.15, 0.2) is 41.8 Å². The van der Waals surface area contributed by atoms with Crippen molar-refractivity contribution < 1.29 is 0 Å². The summed E-state index contributed by atoms with van der Waals surface area (Å²) in [7, 11) is 0. The van der Waals surface area contributed by atoms with Gasteiger partial charge in [0.2, 0.25) is 0 Å². The number of aromatic nitrogens is 2. The number of aryl methyl sites for hydroxylation is 1. The van der Waals surface area contributed by atoms with Gasteiger partial charge in [0.25, 0.3) is 0 Å². The van der Waals surface area contributed by atoms with Crippen LogP contribution in [0.1, 0.15) is 18.1 Å². The molecule has 0 aliphatic heterocycles. The van der Waals surface area contributed by atoms with Crippen molar-refractivity contribution in [3.63, 3.8) is 0 Å². The second-order valence-corrected chi connectivity index (χ2v) is 5.65. The van der Waals surface area contributed by atoms with Crippen LogP contribution in [-0.4, -0.2) is 9.78 Å². The third-order valence-electron chi connectivity index (χ3n) is 3.51. The van der Waals surface area contributed by atoms with E-state index in [9.17, 15) is 0 Å². The summed E-state index contributed by atoms with van der Waals surface area (Å²) in [6, 6.07) is 12.2. The summed E-state index contributed by atoms with van der Waals surface area (Å²) < 4.78 is 1.82. The van der Waals surface area contributed by atoms with Gasteiger partial charge in [0, 0.05) is 5.56 Å². The van der Waals surface area contributed by atoms with Crippen molar-refractivity contribution in [3.05, 3.63) is 52.9 Å². The van der Waals surface area contributed by atoms with Crippen molar-refractivity contribution in [1.29, 1.82) is 0 Å². The molecule has 1 aromatic carbocycles. The molecule has 0 fully saturated rings. The highest BCUT2D eigenvalue weighted by atomic mass is 32.1. The summed E-state index contributed by atoms with van der Waals surface area (Å²) in [5.74, 6) is 0.710. The Bertz CT molecular complexity index is 726. The number of rotatable bonds is 3. The van der Waals surface area contributed by atoms with Gasteiger partial charge in [-0.1, -0.05) is 25.1 Å². The fraction of sp³-hybridized carbons (Fsp3) is 0.188. The number of hydrogen-bond donors (Lipinski definition) is 1. The molecular weight excluding hydrogens is 266 g/mol. The molecule has 102 valence electrons. The van der Waals surface area contributed by atoms with Crippen LogP contribution in [0.4, 0.5) is 5.82 Å². The summed E-state index contributed by atoms with van der Waals surface area (Å²) >= 11 is 1.73. The van der Waals surface area contributed by atoms with E-state index < -0.39 is 0 Å². The number of anilines is 1. The number of thiophene rings is 1. The van der Waals surface area contributed by atoms with Crippen molar-refractivity contribution in [2.75, 3.05) is 5.73 Å². The summed E-state index contributed by atoms with van der Waals surface area (Å²) in [6.45, 7) is 4.20. The first-order valence-corrected chi connectivity index (χ1v) is 7.57. The molecule has 3 aromatic rings. The molecule has 2 N–H and O–H groups in total. The van der Waals surface area contributed by atoms with Gasteiger partial charge in [0.15, 0.2) is 0 Å². The maximum absolute atomic E-state index is 6.24. The maximum atomic E-state index is 6.24. The van der Waals surface area contributed by atoms with Gasteiger partial charge in [-0.3, -0.25) is 0 Å². The number of nitrogen functional groups attached to an aromatic ring is 1. The lowest BCUT2D eigenvalue weighted by Crippen LogP contribution is -2.01. The van der Waals surface area contributed by atoms with E-state index in [1.165, 1.54) is 10.4 Å². The lowest BCUT2D eigenvalue weighted by Gasteiger charge is -2.02.